The normalized spacial score (nSPS) is 20.1. The number of piperidine rings is 1. The van der Waals surface area contributed by atoms with Crippen molar-refractivity contribution in [2.24, 2.45) is 0 Å². The van der Waals surface area contributed by atoms with Gasteiger partial charge in [-0.25, -0.2) is 4.39 Å². The van der Waals surface area contributed by atoms with E-state index in [-0.39, 0.29) is 17.4 Å². The summed E-state index contributed by atoms with van der Waals surface area (Å²) in [6, 6.07) is 7.66. The molecule has 1 atom stereocenters. The lowest BCUT2D eigenvalue weighted by Gasteiger charge is -2.41. The molecule has 1 N–H and O–H groups in total. The molecule has 1 aromatic carbocycles. The summed E-state index contributed by atoms with van der Waals surface area (Å²) < 4.78 is 12.9. The molecular weight excluding hydrogens is 251 g/mol. The lowest BCUT2D eigenvalue weighted by Crippen LogP contribution is -2.50. The molecule has 0 saturated carbocycles. The molecule has 20 heavy (non-hydrogen) atoms. The Labute approximate surface area is 122 Å². The molecule has 2 nitrogen and oxygen atoms in total. The first-order valence-electron chi connectivity index (χ1n) is 7.63. The van der Waals surface area contributed by atoms with Gasteiger partial charge in [-0.1, -0.05) is 12.1 Å². The van der Waals surface area contributed by atoms with E-state index in [1.165, 1.54) is 25.0 Å². The van der Waals surface area contributed by atoms with E-state index >= 15 is 0 Å². The SMILES string of the molecule is CC(NC1CCN(C(C)(C)C)CC1)c1ccc(F)cc1. The van der Waals surface area contributed by atoms with E-state index in [4.69, 9.17) is 0 Å². The minimum atomic E-state index is -0.167. The molecule has 1 fully saturated rings. The Hall–Kier alpha value is -0.930. The van der Waals surface area contributed by atoms with Crippen LogP contribution in [0, 0.1) is 5.82 Å². The molecule has 0 aromatic heterocycles. The van der Waals surface area contributed by atoms with E-state index in [2.05, 4.69) is 37.9 Å². The summed E-state index contributed by atoms with van der Waals surface area (Å²) >= 11 is 0. The average molecular weight is 278 g/mol. The van der Waals surface area contributed by atoms with Crippen molar-refractivity contribution < 1.29 is 4.39 Å². The van der Waals surface area contributed by atoms with Gasteiger partial charge in [-0.2, -0.15) is 0 Å². The van der Waals surface area contributed by atoms with Gasteiger partial charge in [0.25, 0.3) is 0 Å². The van der Waals surface area contributed by atoms with Crippen LogP contribution in [0.2, 0.25) is 0 Å². The zero-order valence-corrected chi connectivity index (χ0v) is 13.1. The largest absolute Gasteiger partial charge is 0.307 e. The van der Waals surface area contributed by atoms with Crippen molar-refractivity contribution in [3.63, 3.8) is 0 Å². The minimum absolute atomic E-state index is 0.167. The fraction of sp³-hybridized carbons (Fsp3) is 0.647. The maximum atomic E-state index is 12.9. The van der Waals surface area contributed by atoms with Gasteiger partial charge in [-0.3, -0.25) is 4.90 Å². The van der Waals surface area contributed by atoms with Crippen molar-refractivity contribution in [2.45, 2.75) is 58.2 Å². The van der Waals surface area contributed by atoms with Crippen LogP contribution < -0.4 is 5.32 Å². The van der Waals surface area contributed by atoms with Crippen molar-refractivity contribution in [3.05, 3.63) is 35.6 Å². The van der Waals surface area contributed by atoms with E-state index in [0.717, 1.165) is 18.7 Å². The molecule has 0 spiro atoms. The van der Waals surface area contributed by atoms with Crippen LogP contribution >= 0.6 is 0 Å². The Balaban J connectivity index is 1.85. The van der Waals surface area contributed by atoms with Crippen LogP contribution in [0.1, 0.15) is 52.1 Å². The first-order chi connectivity index (χ1) is 9.36. The summed E-state index contributed by atoms with van der Waals surface area (Å²) in [5.74, 6) is -0.167. The van der Waals surface area contributed by atoms with E-state index in [1.54, 1.807) is 0 Å². The molecule has 112 valence electrons. The molecule has 3 heteroatoms. The van der Waals surface area contributed by atoms with Crippen molar-refractivity contribution in [1.29, 1.82) is 0 Å². The molecule has 1 saturated heterocycles. The van der Waals surface area contributed by atoms with E-state index in [0.29, 0.717) is 6.04 Å². The molecule has 0 bridgehead atoms. The van der Waals surface area contributed by atoms with Crippen LogP contribution in [0.25, 0.3) is 0 Å². The molecule has 0 radical (unpaired) electrons. The maximum absolute atomic E-state index is 12.9. The summed E-state index contributed by atoms with van der Waals surface area (Å²) in [5.41, 5.74) is 1.43. The zero-order chi connectivity index (χ0) is 14.8. The van der Waals surface area contributed by atoms with Crippen LogP contribution in [0.3, 0.4) is 0 Å². The fourth-order valence-electron chi connectivity index (χ4n) is 2.92. The van der Waals surface area contributed by atoms with Crippen molar-refractivity contribution >= 4 is 0 Å². The second kappa shape index (κ2) is 6.23. The zero-order valence-electron chi connectivity index (χ0n) is 13.1. The smallest absolute Gasteiger partial charge is 0.123 e. The van der Waals surface area contributed by atoms with Gasteiger partial charge in [0.2, 0.25) is 0 Å². The fourth-order valence-corrected chi connectivity index (χ4v) is 2.92. The van der Waals surface area contributed by atoms with E-state index in [1.807, 2.05) is 12.1 Å². The third-order valence-electron chi connectivity index (χ3n) is 4.30. The van der Waals surface area contributed by atoms with Gasteiger partial charge in [0.1, 0.15) is 5.82 Å². The van der Waals surface area contributed by atoms with Gasteiger partial charge < -0.3 is 5.32 Å². The second-order valence-corrected chi connectivity index (χ2v) is 6.87. The number of rotatable bonds is 3. The van der Waals surface area contributed by atoms with Gasteiger partial charge in [0, 0.05) is 30.7 Å². The summed E-state index contributed by atoms with van der Waals surface area (Å²) in [5, 5.41) is 3.68. The molecule has 2 rings (SSSR count). The minimum Gasteiger partial charge on any atom is -0.307 e. The molecule has 0 aliphatic carbocycles. The van der Waals surface area contributed by atoms with Gasteiger partial charge in [-0.15, -0.1) is 0 Å². The number of benzene rings is 1. The highest BCUT2D eigenvalue weighted by molar-refractivity contribution is 5.19. The Bertz CT molecular complexity index is 414. The highest BCUT2D eigenvalue weighted by Gasteiger charge is 2.27. The lowest BCUT2D eigenvalue weighted by atomic mass is 9.97. The molecule has 0 amide bonds. The summed E-state index contributed by atoms with van der Waals surface area (Å²) in [6.45, 7) is 11.3. The standard InChI is InChI=1S/C17H27FN2/c1-13(14-5-7-15(18)8-6-14)19-16-9-11-20(12-10-16)17(2,3)4/h5-8,13,16,19H,9-12H2,1-4H3. The maximum Gasteiger partial charge on any atom is 0.123 e. The molecule has 1 unspecified atom stereocenters. The summed E-state index contributed by atoms with van der Waals surface area (Å²) in [4.78, 5) is 2.55. The average Bonchev–Trinajstić information content (AvgIpc) is 2.39. The van der Waals surface area contributed by atoms with Gasteiger partial charge in [-0.05, 0) is 58.2 Å². The van der Waals surface area contributed by atoms with Crippen LogP contribution in [0.15, 0.2) is 24.3 Å². The molecule has 1 aliphatic heterocycles. The number of nitrogens with one attached hydrogen (secondary N) is 1. The van der Waals surface area contributed by atoms with E-state index in [9.17, 15) is 4.39 Å². The Morgan fingerprint density at radius 1 is 1.15 bits per heavy atom. The summed E-state index contributed by atoms with van der Waals surface area (Å²) in [7, 11) is 0. The van der Waals surface area contributed by atoms with Crippen LogP contribution in [-0.4, -0.2) is 29.6 Å². The first kappa shape index (κ1) is 15.5. The molecule has 1 heterocycles. The van der Waals surface area contributed by atoms with Gasteiger partial charge in [0.15, 0.2) is 0 Å². The summed E-state index contributed by atoms with van der Waals surface area (Å²) in [6.07, 6.45) is 2.37. The quantitative estimate of drug-likeness (QED) is 0.906. The monoisotopic (exact) mass is 278 g/mol. The molecular formula is C17H27FN2. The Kier molecular flexibility index (Phi) is 4.82. The number of hydrogen-bond donors (Lipinski definition) is 1. The first-order valence-corrected chi connectivity index (χ1v) is 7.63. The van der Waals surface area contributed by atoms with Gasteiger partial charge >= 0.3 is 0 Å². The van der Waals surface area contributed by atoms with Crippen LogP contribution in [0.5, 0.6) is 0 Å². The Morgan fingerprint density at radius 3 is 2.20 bits per heavy atom. The Morgan fingerprint density at radius 2 is 1.70 bits per heavy atom. The second-order valence-electron chi connectivity index (χ2n) is 6.87. The number of hydrogen-bond acceptors (Lipinski definition) is 2. The van der Waals surface area contributed by atoms with Crippen molar-refractivity contribution in [3.8, 4) is 0 Å². The highest BCUT2D eigenvalue weighted by atomic mass is 19.1. The lowest BCUT2D eigenvalue weighted by molar-refractivity contribution is 0.0942. The van der Waals surface area contributed by atoms with Crippen molar-refractivity contribution in [2.75, 3.05) is 13.1 Å². The number of nitrogens with zero attached hydrogens (tertiary/aromatic N) is 1. The topological polar surface area (TPSA) is 15.3 Å². The van der Waals surface area contributed by atoms with Gasteiger partial charge in [0.05, 0.1) is 0 Å². The third-order valence-corrected chi connectivity index (χ3v) is 4.30. The predicted octanol–water partition coefficient (Wildman–Crippen LogP) is 3.74. The highest BCUT2D eigenvalue weighted by Crippen LogP contribution is 2.22. The number of halogens is 1. The molecule has 1 aromatic rings. The van der Waals surface area contributed by atoms with Crippen molar-refractivity contribution in [1.82, 2.24) is 10.2 Å². The predicted molar refractivity (Wildman–Crippen MR) is 82.3 cm³/mol. The molecule has 1 aliphatic rings. The van der Waals surface area contributed by atoms with Crippen LogP contribution in [-0.2, 0) is 0 Å². The third kappa shape index (κ3) is 4.03. The number of likely N-dealkylation sites (tertiary alicyclic amines) is 1. The van der Waals surface area contributed by atoms with E-state index < -0.39 is 0 Å². The van der Waals surface area contributed by atoms with Crippen LogP contribution in [0.4, 0.5) is 4.39 Å².